The first kappa shape index (κ1) is 32.8. The number of oxazole rings is 1. The van der Waals surface area contributed by atoms with Gasteiger partial charge in [0.25, 0.3) is 0 Å². The molecule has 16 heteroatoms. The molecular formula is C32H24F5N3O7S. The predicted molar refractivity (Wildman–Crippen MR) is 160 cm³/mol. The summed E-state index contributed by atoms with van der Waals surface area (Å²) in [6.07, 6.45) is -3.03. The van der Waals surface area contributed by atoms with Crippen molar-refractivity contribution in [1.82, 2.24) is 14.8 Å². The van der Waals surface area contributed by atoms with Gasteiger partial charge in [0, 0.05) is 49.4 Å². The number of ether oxygens (including phenoxy) is 2. The zero-order valence-electron chi connectivity index (χ0n) is 25.4. The zero-order valence-corrected chi connectivity index (χ0v) is 26.3. The molecule has 0 bridgehead atoms. The standard InChI is InChI=1S/C32H24F5N3O7S/c1-15(42)31(34,35)28-13-24(40(3)39-28)20-7-5-17(19-10-23(33)22(14-41)27(12-19)48(4,43)44)9-21(20)30-29(38-16(2)45-30)18-6-8-25-26(11-18)47-32(36,37)46-25/h5-13,41H,14H2,1-4H3. The van der Waals surface area contributed by atoms with Gasteiger partial charge >= 0.3 is 12.2 Å². The summed E-state index contributed by atoms with van der Waals surface area (Å²) in [7, 11) is -2.63. The fourth-order valence-corrected chi connectivity index (χ4v) is 6.30. The molecule has 1 aliphatic heterocycles. The number of fused-ring (bicyclic) bond motifs is 1. The summed E-state index contributed by atoms with van der Waals surface area (Å²) in [6.45, 7) is 1.36. The van der Waals surface area contributed by atoms with E-state index in [2.05, 4.69) is 19.6 Å². The molecule has 0 fully saturated rings. The molecule has 1 aliphatic rings. The first-order valence-electron chi connectivity index (χ1n) is 14.0. The molecule has 0 saturated heterocycles. The summed E-state index contributed by atoms with van der Waals surface area (Å²) in [5.41, 5.74) is -0.0947. The molecule has 10 nitrogen and oxygen atoms in total. The summed E-state index contributed by atoms with van der Waals surface area (Å²) in [6, 6.07) is 11.5. The van der Waals surface area contributed by atoms with Crippen molar-refractivity contribution in [2.24, 2.45) is 7.05 Å². The second kappa shape index (κ2) is 11.3. The quantitative estimate of drug-likeness (QED) is 0.183. The minimum atomic E-state index is -4.00. The lowest BCUT2D eigenvalue weighted by atomic mass is 9.93. The number of sulfone groups is 1. The zero-order chi connectivity index (χ0) is 34.9. The van der Waals surface area contributed by atoms with Crippen molar-refractivity contribution < 1.29 is 54.2 Å². The first-order valence-corrected chi connectivity index (χ1v) is 15.9. The Hall–Kier alpha value is -5.09. The van der Waals surface area contributed by atoms with E-state index < -0.39 is 56.4 Å². The third-order valence-corrected chi connectivity index (χ3v) is 8.80. The van der Waals surface area contributed by atoms with Gasteiger partial charge in [0.15, 0.2) is 33.0 Å². The van der Waals surface area contributed by atoms with E-state index in [0.717, 1.165) is 30.0 Å². The van der Waals surface area contributed by atoms with Crippen molar-refractivity contribution in [1.29, 1.82) is 0 Å². The Bertz CT molecular complexity index is 2250. The fourth-order valence-electron chi connectivity index (χ4n) is 5.35. The van der Waals surface area contributed by atoms with E-state index in [1.165, 1.54) is 56.4 Å². The SMILES string of the molecule is CC(=O)C(F)(F)c1cc(-c2ccc(-c3cc(F)c(CO)c(S(C)(=O)=O)c3)cc2-c2oc(C)nc2-c2ccc3c(c2)OC(F)(F)O3)n(C)n1. The molecule has 5 aromatic rings. The topological polar surface area (TPSA) is 134 Å². The number of Topliss-reactive ketones (excluding diaryl/α,β-unsaturated/α-hetero) is 1. The van der Waals surface area contributed by atoms with E-state index in [4.69, 9.17) is 4.42 Å². The van der Waals surface area contributed by atoms with Gasteiger partial charge in [0.2, 0.25) is 5.78 Å². The van der Waals surface area contributed by atoms with Crippen molar-refractivity contribution in [3.05, 3.63) is 77.6 Å². The summed E-state index contributed by atoms with van der Waals surface area (Å²) < 4.78 is 113. The molecule has 3 aromatic carbocycles. The lowest BCUT2D eigenvalue weighted by Gasteiger charge is -2.14. The second-order valence-electron chi connectivity index (χ2n) is 11.0. The number of nitrogens with zero attached hydrogens (tertiary/aromatic N) is 3. The molecule has 0 aliphatic carbocycles. The number of alkyl halides is 4. The lowest BCUT2D eigenvalue weighted by molar-refractivity contribution is -0.286. The number of aryl methyl sites for hydroxylation is 2. The van der Waals surface area contributed by atoms with Crippen LogP contribution in [-0.2, 0) is 34.2 Å². The van der Waals surface area contributed by atoms with Gasteiger partial charge in [-0.25, -0.2) is 17.8 Å². The highest BCUT2D eigenvalue weighted by Crippen LogP contribution is 2.46. The number of benzene rings is 3. The molecule has 250 valence electrons. The lowest BCUT2D eigenvalue weighted by Crippen LogP contribution is -2.25. The molecule has 0 spiro atoms. The van der Waals surface area contributed by atoms with E-state index in [-0.39, 0.29) is 62.4 Å². The molecule has 0 saturated carbocycles. The van der Waals surface area contributed by atoms with Crippen LogP contribution in [0.4, 0.5) is 22.0 Å². The highest BCUT2D eigenvalue weighted by molar-refractivity contribution is 7.90. The number of hydrogen-bond donors (Lipinski definition) is 1. The third kappa shape index (κ3) is 5.70. The van der Waals surface area contributed by atoms with Gasteiger partial charge in [-0.2, -0.15) is 13.9 Å². The molecule has 2 aromatic heterocycles. The minimum Gasteiger partial charge on any atom is -0.440 e. The van der Waals surface area contributed by atoms with Crippen LogP contribution < -0.4 is 9.47 Å². The minimum absolute atomic E-state index is 0.0202. The van der Waals surface area contributed by atoms with Crippen molar-refractivity contribution in [3.8, 4) is 56.5 Å². The highest BCUT2D eigenvalue weighted by atomic mass is 32.2. The Morgan fingerprint density at radius 1 is 0.979 bits per heavy atom. The normalized spacial score (nSPS) is 14.0. The van der Waals surface area contributed by atoms with Gasteiger partial charge in [-0.3, -0.25) is 9.48 Å². The first-order chi connectivity index (χ1) is 22.4. The van der Waals surface area contributed by atoms with Crippen molar-refractivity contribution in [2.45, 2.75) is 37.6 Å². The summed E-state index contributed by atoms with van der Waals surface area (Å²) in [5.74, 6) is -6.70. The number of hydrogen-bond acceptors (Lipinski definition) is 9. The summed E-state index contributed by atoms with van der Waals surface area (Å²) in [5, 5.41) is 13.5. The van der Waals surface area contributed by atoms with E-state index >= 15 is 4.39 Å². The van der Waals surface area contributed by atoms with Crippen molar-refractivity contribution in [2.75, 3.05) is 6.26 Å². The molecule has 0 amide bonds. The molecule has 48 heavy (non-hydrogen) atoms. The van der Waals surface area contributed by atoms with Crippen LogP contribution in [-0.4, -0.2) is 46.6 Å². The highest BCUT2D eigenvalue weighted by Gasteiger charge is 2.44. The van der Waals surface area contributed by atoms with E-state index in [1.54, 1.807) is 0 Å². The largest absolute Gasteiger partial charge is 0.586 e. The van der Waals surface area contributed by atoms with Crippen LogP contribution in [0, 0.1) is 12.7 Å². The molecule has 0 radical (unpaired) electrons. The maximum Gasteiger partial charge on any atom is 0.586 e. The average molecular weight is 690 g/mol. The number of aliphatic hydroxyl groups is 1. The number of rotatable bonds is 8. The number of aliphatic hydroxyl groups excluding tert-OH is 1. The Balaban J connectivity index is 1.60. The van der Waals surface area contributed by atoms with Gasteiger partial charge in [-0.15, -0.1) is 8.78 Å². The summed E-state index contributed by atoms with van der Waals surface area (Å²) in [4.78, 5) is 15.7. The Labute approximate surface area is 269 Å². The molecule has 0 unspecified atom stereocenters. The maximum absolute atomic E-state index is 15.1. The smallest absolute Gasteiger partial charge is 0.440 e. The number of carbonyl (C=O) groups is 1. The Kier molecular flexibility index (Phi) is 7.71. The predicted octanol–water partition coefficient (Wildman–Crippen LogP) is 6.42. The molecular weight excluding hydrogens is 665 g/mol. The van der Waals surface area contributed by atoms with Crippen LogP contribution in [0.2, 0.25) is 0 Å². The maximum atomic E-state index is 15.1. The fraction of sp³-hybridized carbons (Fsp3) is 0.219. The van der Waals surface area contributed by atoms with Gasteiger partial charge in [-0.1, -0.05) is 12.1 Å². The van der Waals surface area contributed by atoms with Crippen LogP contribution in [0.3, 0.4) is 0 Å². The van der Waals surface area contributed by atoms with E-state index in [1.807, 2.05) is 0 Å². The van der Waals surface area contributed by atoms with Crippen molar-refractivity contribution >= 4 is 15.6 Å². The number of aromatic nitrogens is 3. The van der Waals surface area contributed by atoms with Crippen molar-refractivity contribution in [3.63, 3.8) is 0 Å². The molecule has 3 heterocycles. The average Bonchev–Trinajstić information content (AvgIpc) is 3.68. The second-order valence-corrected chi connectivity index (χ2v) is 13.0. The van der Waals surface area contributed by atoms with Gasteiger partial charge < -0.3 is 19.0 Å². The van der Waals surface area contributed by atoms with E-state index in [9.17, 15) is 35.9 Å². The monoisotopic (exact) mass is 689 g/mol. The number of ketones is 1. The van der Waals surface area contributed by atoms with Crippen LogP contribution in [0.25, 0.3) is 45.0 Å². The summed E-state index contributed by atoms with van der Waals surface area (Å²) >= 11 is 0. The van der Waals surface area contributed by atoms with Crippen LogP contribution in [0.5, 0.6) is 11.5 Å². The third-order valence-electron chi connectivity index (χ3n) is 7.64. The Morgan fingerprint density at radius 2 is 1.67 bits per heavy atom. The number of halogens is 5. The molecule has 1 N–H and O–H groups in total. The number of carbonyl (C=O) groups excluding carboxylic acids is 1. The van der Waals surface area contributed by atoms with Crippen LogP contribution in [0.15, 0.2) is 63.9 Å². The van der Waals surface area contributed by atoms with Crippen LogP contribution in [0.1, 0.15) is 24.1 Å². The van der Waals surface area contributed by atoms with E-state index in [0.29, 0.717) is 0 Å². The molecule has 0 atom stereocenters. The van der Waals surface area contributed by atoms with Gasteiger partial charge in [0.05, 0.1) is 17.2 Å². The van der Waals surface area contributed by atoms with Gasteiger partial charge in [0.1, 0.15) is 17.2 Å². The van der Waals surface area contributed by atoms with Crippen LogP contribution >= 0.6 is 0 Å². The molecule has 6 rings (SSSR count). The Morgan fingerprint density at radius 3 is 2.33 bits per heavy atom. The van der Waals surface area contributed by atoms with Gasteiger partial charge in [-0.05, 0) is 53.6 Å².